The fourth-order valence-electron chi connectivity index (χ4n) is 6.51. The number of carbonyl (C=O) groups is 4. The quantitative estimate of drug-likeness (QED) is 0.0388. The molecule has 2 amide bonds. The first-order valence-corrected chi connectivity index (χ1v) is 18.0. The van der Waals surface area contributed by atoms with E-state index in [1.54, 1.807) is 44.2 Å². The minimum absolute atomic E-state index is 0.00253. The van der Waals surface area contributed by atoms with Gasteiger partial charge in [-0.15, -0.1) is 6.58 Å². The van der Waals surface area contributed by atoms with E-state index in [1.165, 1.54) is 11.0 Å². The highest BCUT2D eigenvalue weighted by Crippen LogP contribution is 2.34. The lowest BCUT2D eigenvalue weighted by molar-refractivity contribution is -0.181. The van der Waals surface area contributed by atoms with E-state index in [-0.39, 0.29) is 12.3 Å². The lowest BCUT2D eigenvalue weighted by Gasteiger charge is -2.47. The number of nitrogens with zero attached hydrogens (tertiary/aromatic N) is 1. The summed E-state index contributed by atoms with van der Waals surface area (Å²) in [4.78, 5) is 57.8. The van der Waals surface area contributed by atoms with Crippen LogP contribution in [0.15, 0.2) is 176 Å². The molecule has 0 saturated carbocycles. The van der Waals surface area contributed by atoms with Crippen LogP contribution in [0.25, 0.3) is 0 Å². The smallest absolute Gasteiger partial charge is 0.356 e. The van der Waals surface area contributed by atoms with Crippen LogP contribution in [0, 0.1) is 0 Å². The van der Waals surface area contributed by atoms with Crippen molar-refractivity contribution in [1.29, 1.82) is 0 Å². The fraction of sp³-hybridized carbons (Fsp3) is 0.174. The van der Waals surface area contributed by atoms with Crippen LogP contribution in [-0.4, -0.2) is 47.5 Å². The van der Waals surface area contributed by atoms with Crippen LogP contribution in [0.5, 0.6) is 0 Å². The maximum Gasteiger partial charge on any atom is 0.356 e. The van der Waals surface area contributed by atoms with E-state index in [9.17, 15) is 19.2 Å². The van der Waals surface area contributed by atoms with Crippen LogP contribution < -0.4 is 5.32 Å². The number of allylic oxidation sites excluding steroid dienone is 1. The molecule has 0 bridgehead atoms. The largest absolute Gasteiger partial charge is 0.452 e. The van der Waals surface area contributed by atoms with Crippen molar-refractivity contribution >= 4 is 23.8 Å². The zero-order valence-corrected chi connectivity index (χ0v) is 30.6. The molecule has 6 rings (SSSR count). The van der Waals surface area contributed by atoms with Crippen LogP contribution in [0.1, 0.15) is 59.8 Å². The zero-order chi connectivity index (χ0) is 38.7. The predicted octanol–water partition coefficient (Wildman–Crippen LogP) is 7.59. The van der Waals surface area contributed by atoms with Gasteiger partial charge in [0.25, 0.3) is 5.91 Å². The molecule has 1 saturated heterocycles. The number of hydrogen-bond acceptors (Lipinski definition) is 7. The first-order chi connectivity index (χ1) is 26.8. The Morgan fingerprint density at radius 3 is 1.45 bits per heavy atom. The highest BCUT2D eigenvalue weighted by atomic mass is 16.6. The summed E-state index contributed by atoms with van der Waals surface area (Å²) in [7, 11) is 0. The van der Waals surface area contributed by atoms with Gasteiger partial charge in [0, 0.05) is 0 Å². The molecule has 5 aromatic carbocycles. The third kappa shape index (κ3) is 8.80. The van der Waals surface area contributed by atoms with E-state index in [1.807, 2.05) is 121 Å². The van der Waals surface area contributed by atoms with Gasteiger partial charge < -0.3 is 19.5 Å². The summed E-state index contributed by atoms with van der Waals surface area (Å²) in [6.45, 7) is 7.12. The molecule has 3 unspecified atom stereocenters. The van der Waals surface area contributed by atoms with Gasteiger partial charge in [-0.05, 0) is 47.2 Å². The number of carbonyl (C=O) groups excluding carboxylic acids is 4. The second-order valence-corrected chi connectivity index (χ2v) is 13.1. The molecule has 9 heteroatoms. The second kappa shape index (κ2) is 18.0. The topological polar surface area (TPSA) is 111 Å². The summed E-state index contributed by atoms with van der Waals surface area (Å²) >= 11 is 0. The van der Waals surface area contributed by atoms with Crippen molar-refractivity contribution in [3.63, 3.8) is 0 Å². The molecule has 1 aliphatic rings. The molecule has 9 nitrogen and oxygen atoms in total. The average Bonchev–Trinajstić information content (AvgIpc) is 3.22. The Morgan fingerprint density at radius 2 is 1.05 bits per heavy atom. The van der Waals surface area contributed by atoms with Crippen LogP contribution in [-0.2, 0) is 33.4 Å². The van der Waals surface area contributed by atoms with Crippen LogP contribution in [0.4, 0.5) is 0 Å². The van der Waals surface area contributed by atoms with Crippen molar-refractivity contribution in [2.75, 3.05) is 6.61 Å². The highest BCUT2D eigenvalue weighted by molar-refractivity contribution is 6.07. The van der Waals surface area contributed by atoms with Crippen molar-refractivity contribution < 1.29 is 33.4 Å². The summed E-state index contributed by atoms with van der Waals surface area (Å²) < 4.78 is 18.3. The van der Waals surface area contributed by atoms with Gasteiger partial charge in [0.1, 0.15) is 5.70 Å². The summed E-state index contributed by atoms with van der Waals surface area (Å²) in [5.74, 6) is -4.38. The normalized spacial score (nSPS) is 15.4. The maximum absolute atomic E-state index is 14.2. The Bertz CT molecular complexity index is 2040. The number of likely N-dealkylation sites (tertiary alicyclic amines) is 1. The van der Waals surface area contributed by atoms with Crippen molar-refractivity contribution in [3.8, 4) is 0 Å². The van der Waals surface area contributed by atoms with Gasteiger partial charge in [-0.3, -0.25) is 19.3 Å². The van der Waals surface area contributed by atoms with E-state index in [4.69, 9.17) is 14.2 Å². The number of rotatable bonds is 15. The van der Waals surface area contributed by atoms with Crippen LogP contribution in [0.2, 0.25) is 0 Å². The molecule has 1 heterocycles. The molecule has 5 aromatic rings. The molecule has 0 aliphatic carbocycles. The first kappa shape index (κ1) is 38.2. The van der Waals surface area contributed by atoms with Crippen LogP contribution >= 0.6 is 0 Å². The maximum atomic E-state index is 14.2. The molecule has 0 spiro atoms. The van der Waals surface area contributed by atoms with Crippen LogP contribution in [0.3, 0.4) is 0 Å². The molecular weight excluding hydrogens is 693 g/mol. The van der Waals surface area contributed by atoms with Gasteiger partial charge in [0.2, 0.25) is 5.91 Å². The molecule has 278 valence electrons. The predicted molar refractivity (Wildman–Crippen MR) is 208 cm³/mol. The van der Waals surface area contributed by atoms with E-state index in [2.05, 4.69) is 11.9 Å². The standard InChI is InChI=1S/C46H42N2O7/c1-4-30-53-44-38(43(50)48(44)39(31(2)3)46(52)55-41(35-26-16-8-17-27-35)36-28-18-9-19-29-36)47-42(49)37(32-20-10-5-11-21-32)45(51)54-40(33-22-12-6-13-23-33)34-24-14-7-15-25-34/h4-29,37-38,40-41,44H,1,30H2,2-3H3,(H,47,49). The Morgan fingerprint density at radius 1 is 0.655 bits per heavy atom. The summed E-state index contributed by atoms with van der Waals surface area (Å²) in [6.07, 6.45) is -1.19. The Hall–Kier alpha value is -6.58. The summed E-state index contributed by atoms with van der Waals surface area (Å²) in [5.41, 5.74) is 3.78. The molecular formula is C46H42N2O7. The lowest BCUT2D eigenvalue weighted by atomic mass is 9.95. The van der Waals surface area contributed by atoms with Crippen molar-refractivity contribution in [2.24, 2.45) is 0 Å². The first-order valence-electron chi connectivity index (χ1n) is 18.0. The summed E-state index contributed by atoms with van der Waals surface area (Å²) in [5, 5.41) is 2.75. The van der Waals surface area contributed by atoms with Gasteiger partial charge in [-0.2, -0.15) is 0 Å². The molecule has 1 aliphatic heterocycles. The fourth-order valence-corrected chi connectivity index (χ4v) is 6.51. The lowest BCUT2D eigenvalue weighted by Crippen LogP contribution is -2.72. The Labute approximate surface area is 320 Å². The average molecular weight is 735 g/mol. The highest BCUT2D eigenvalue weighted by Gasteiger charge is 2.54. The van der Waals surface area contributed by atoms with Gasteiger partial charge in [0.05, 0.1) is 6.61 Å². The molecule has 1 fully saturated rings. The van der Waals surface area contributed by atoms with Gasteiger partial charge >= 0.3 is 11.9 Å². The van der Waals surface area contributed by atoms with E-state index >= 15 is 0 Å². The van der Waals surface area contributed by atoms with Gasteiger partial charge in [-0.25, -0.2) is 4.79 Å². The zero-order valence-electron chi connectivity index (χ0n) is 30.6. The minimum Gasteiger partial charge on any atom is -0.452 e. The molecule has 0 aromatic heterocycles. The second-order valence-electron chi connectivity index (χ2n) is 13.1. The molecule has 3 atom stereocenters. The van der Waals surface area contributed by atoms with Crippen molar-refractivity contribution in [2.45, 2.75) is 44.2 Å². The summed E-state index contributed by atoms with van der Waals surface area (Å²) in [6, 6.07) is 44.4. The number of β-lactam (4-membered cyclic amide) rings is 1. The number of esters is 2. The number of amides is 2. The number of nitrogens with one attached hydrogen (secondary N) is 1. The van der Waals surface area contributed by atoms with Gasteiger partial charge in [-0.1, -0.05) is 158 Å². The van der Waals surface area contributed by atoms with E-state index in [0.29, 0.717) is 11.1 Å². The Kier molecular flexibility index (Phi) is 12.5. The molecule has 0 radical (unpaired) electrons. The number of ether oxygens (including phenoxy) is 3. The number of benzene rings is 5. The number of hydrogen-bond donors (Lipinski definition) is 1. The van der Waals surface area contributed by atoms with E-state index in [0.717, 1.165) is 22.3 Å². The SMILES string of the molecule is C=CCOC1C(NC(=O)C(C(=O)OC(c2ccccc2)c2ccccc2)c2ccccc2)C(=O)N1C(C(=O)OC(c1ccccc1)c1ccccc1)=C(C)C. The van der Waals surface area contributed by atoms with E-state index < -0.39 is 54.1 Å². The van der Waals surface area contributed by atoms with Crippen molar-refractivity contribution in [1.82, 2.24) is 10.2 Å². The van der Waals surface area contributed by atoms with Gasteiger partial charge in [0.15, 0.2) is 30.4 Å². The molecule has 55 heavy (non-hydrogen) atoms. The third-order valence-corrected chi connectivity index (χ3v) is 9.13. The monoisotopic (exact) mass is 734 g/mol. The Balaban J connectivity index is 1.27. The minimum atomic E-state index is -1.44. The molecule has 1 N–H and O–H groups in total. The third-order valence-electron chi connectivity index (χ3n) is 9.13. The van der Waals surface area contributed by atoms with Crippen molar-refractivity contribution in [3.05, 3.63) is 203 Å².